The number of halogens is 6. The first-order chi connectivity index (χ1) is 15.5. The average molecular weight is 466 g/mol. The molecule has 0 bridgehead atoms. The van der Waals surface area contributed by atoms with Crippen molar-refractivity contribution in [2.75, 3.05) is 19.6 Å². The number of hydrogen-bond acceptors (Lipinski definition) is 2. The molecule has 1 aliphatic rings. The highest BCUT2D eigenvalue weighted by molar-refractivity contribution is 5.95. The summed E-state index contributed by atoms with van der Waals surface area (Å²) < 4.78 is 79.4. The number of carbonyl (C=O) groups excluding carboxylic acids is 1. The summed E-state index contributed by atoms with van der Waals surface area (Å²) in [4.78, 5) is 14.5. The molecule has 0 unspecified atom stereocenters. The highest BCUT2D eigenvalue weighted by Gasteiger charge is 2.38. The first-order valence-electron chi connectivity index (χ1n) is 10.3. The summed E-state index contributed by atoms with van der Waals surface area (Å²) in [5.74, 6) is -0.848. The molecule has 1 heterocycles. The van der Waals surface area contributed by atoms with E-state index in [2.05, 4.69) is 5.32 Å². The van der Waals surface area contributed by atoms with Gasteiger partial charge >= 0.3 is 12.4 Å². The van der Waals surface area contributed by atoms with Crippen LogP contribution in [0.5, 0.6) is 0 Å². The van der Waals surface area contributed by atoms with Gasteiger partial charge in [0.1, 0.15) is 0 Å². The van der Waals surface area contributed by atoms with Gasteiger partial charge in [-0.15, -0.1) is 0 Å². The molecular weight excluding hydrogens is 446 g/mol. The summed E-state index contributed by atoms with van der Waals surface area (Å²) in [6.45, 7) is 0.948. The standard InChI is InChI=1S/C24H20F6N2O/c25-23(26,27)19-11-18(12-20(13-19)24(28,29)30)22(33)32-8-7-31-14-21(32)10-15-5-6-16-3-1-2-4-17(16)9-15/h1-6,9,11-13,21,31H,7-8,10,14H2/t21-/m1/s1. The molecular formula is C24H20F6N2O. The zero-order valence-corrected chi connectivity index (χ0v) is 17.3. The Bertz CT molecular complexity index is 1140. The molecule has 1 fully saturated rings. The monoisotopic (exact) mass is 466 g/mol. The molecule has 174 valence electrons. The smallest absolute Gasteiger partial charge is 0.333 e. The van der Waals surface area contributed by atoms with E-state index < -0.39 is 41.0 Å². The van der Waals surface area contributed by atoms with Crippen LogP contribution in [-0.4, -0.2) is 36.5 Å². The van der Waals surface area contributed by atoms with Crippen molar-refractivity contribution in [2.45, 2.75) is 24.8 Å². The van der Waals surface area contributed by atoms with Crippen molar-refractivity contribution >= 4 is 16.7 Å². The fourth-order valence-electron chi connectivity index (χ4n) is 4.09. The molecule has 0 aliphatic carbocycles. The topological polar surface area (TPSA) is 32.3 Å². The van der Waals surface area contributed by atoms with E-state index in [1.165, 1.54) is 4.90 Å². The lowest BCUT2D eigenvalue weighted by Crippen LogP contribution is -2.54. The number of fused-ring (bicyclic) bond motifs is 1. The zero-order valence-electron chi connectivity index (χ0n) is 17.3. The van der Waals surface area contributed by atoms with E-state index in [0.29, 0.717) is 31.6 Å². The summed E-state index contributed by atoms with van der Waals surface area (Å²) in [5, 5.41) is 5.19. The summed E-state index contributed by atoms with van der Waals surface area (Å²) in [6, 6.07) is 14.1. The Morgan fingerprint density at radius 3 is 2.15 bits per heavy atom. The molecule has 1 N–H and O–H groups in total. The fourth-order valence-corrected chi connectivity index (χ4v) is 4.09. The Hall–Kier alpha value is -3.07. The highest BCUT2D eigenvalue weighted by atomic mass is 19.4. The van der Waals surface area contributed by atoms with E-state index in [0.717, 1.165) is 16.3 Å². The van der Waals surface area contributed by atoms with Crippen LogP contribution in [0.15, 0.2) is 60.7 Å². The molecule has 3 aromatic carbocycles. The lowest BCUT2D eigenvalue weighted by Gasteiger charge is -2.36. The highest BCUT2D eigenvalue weighted by Crippen LogP contribution is 2.36. The Balaban J connectivity index is 1.65. The molecule has 0 saturated carbocycles. The van der Waals surface area contributed by atoms with Crippen molar-refractivity contribution in [2.24, 2.45) is 0 Å². The van der Waals surface area contributed by atoms with Crippen molar-refractivity contribution in [1.29, 1.82) is 0 Å². The van der Waals surface area contributed by atoms with Gasteiger partial charge in [-0.05, 0) is 41.0 Å². The van der Waals surface area contributed by atoms with Gasteiger partial charge in [0.25, 0.3) is 5.91 Å². The first kappa shape index (κ1) is 23.1. The lowest BCUT2D eigenvalue weighted by atomic mass is 9.98. The van der Waals surface area contributed by atoms with Gasteiger partial charge in [-0.3, -0.25) is 4.79 Å². The lowest BCUT2D eigenvalue weighted by molar-refractivity contribution is -0.143. The third-order valence-electron chi connectivity index (χ3n) is 5.73. The molecule has 9 heteroatoms. The van der Waals surface area contributed by atoms with Gasteiger partial charge in [0, 0.05) is 31.2 Å². The number of rotatable bonds is 3. The average Bonchev–Trinajstić information content (AvgIpc) is 2.77. The zero-order chi connectivity index (χ0) is 23.8. The largest absolute Gasteiger partial charge is 0.416 e. The van der Waals surface area contributed by atoms with Gasteiger partial charge in [0.2, 0.25) is 0 Å². The van der Waals surface area contributed by atoms with Gasteiger partial charge in [-0.2, -0.15) is 26.3 Å². The Morgan fingerprint density at radius 2 is 1.52 bits per heavy atom. The molecule has 33 heavy (non-hydrogen) atoms. The van der Waals surface area contributed by atoms with Crippen LogP contribution in [0.25, 0.3) is 10.8 Å². The van der Waals surface area contributed by atoms with E-state index >= 15 is 0 Å². The maximum Gasteiger partial charge on any atom is 0.416 e. The van der Waals surface area contributed by atoms with E-state index in [1.54, 1.807) is 0 Å². The van der Waals surface area contributed by atoms with Crippen LogP contribution in [0.2, 0.25) is 0 Å². The Kier molecular flexibility index (Phi) is 6.09. The quantitative estimate of drug-likeness (QED) is 0.515. The Morgan fingerprint density at radius 1 is 0.879 bits per heavy atom. The number of nitrogens with one attached hydrogen (secondary N) is 1. The maximum atomic E-state index is 13.2. The number of piperazine rings is 1. The van der Waals surface area contributed by atoms with E-state index in [9.17, 15) is 31.1 Å². The van der Waals surface area contributed by atoms with Gasteiger partial charge in [-0.1, -0.05) is 42.5 Å². The molecule has 0 spiro atoms. The molecule has 0 aromatic heterocycles. The Labute approximate surface area is 186 Å². The van der Waals surface area contributed by atoms with Gasteiger partial charge in [0.15, 0.2) is 0 Å². The van der Waals surface area contributed by atoms with Crippen molar-refractivity contribution in [3.8, 4) is 0 Å². The van der Waals surface area contributed by atoms with Crippen molar-refractivity contribution in [3.05, 3.63) is 82.9 Å². The van der Waals surface area contributed by atoms with Crippen LogP contribution in [0.4, 0.5) is 26.3 Å². The van der Waals surface area contributed by atoms with Crippen LogP contribution in [0.3, 0.4) is 0 Å². The van der Waals surface area contributed by atoms with Crippen molar-refractivity contribution in [1.82, 2.24) is 10.2 Å². The predicted molar refractivity (Wildman–Crippen MR) is 112 cm³/mol. The van der Waals surface area contributed by atoms with Crippen molar-refractivity contribution in [3.63, 3.8) is 0 Å². The number of carbonyl (C=O) groups is 1. The number of benzene rings is 3. The van der Waals surface area contributed by atoms with E-state index in [4.69, 9.17) is 0 Å². The number of amides is 1. The molecule has 3 aromatic rings. The molecule has 1 amide bonds. The van der Waals surface area contributed by atoms with Gasteiger partial charge in [0.05, 0.1) is 11.1 Å². The first-order valence-corrected chi connectivity index (χ1v) is 10.3. The predicted octanol–water partition coefficient (Wildman–Crippen LogP) is 5.53. The minimum Gasteiger partial charge on any atom is -0.333 e. The van der Waals surface area contributed by atoms with Gasteiger partial charge < -0.3 is 10.2 Å². The molecule has 0 radical (unpaired) electrons. The fraction of sp³-hybridized carbons (Fsp3) is 0.292. The maximum absolute atomic E-state index is 13.2. The second-order valence-corrected chi connectivity index (χ2v) is 8.04. The number of alkyl halides is 6. The SMILES string of the molecule is O=C(c1cc(C(F)(F)F)cc(C(F)(F)F)c1)N1CCNC[C@H]1Cc1ccc2ccccc2c1. The van der Waals surface area contributed by atoms with Crippen molar-refractivity contribution < 1.29 is 31.1 Å². The third-order valence-corrected chi connectivity index (χ3v) is 5.73. The summed E-state index contributed by atoms with van der Waals surface area (Å²) >= 11 is 0. The second-order valence-electron chi connectivity index (χ2n) is 8.04. The minimum atomic E-state index is -5.01. The van der Waals surface area contributed by atoms with Crippen LogP contribution in [-0.2, 0) is 18.8 Å². The van der Waals surface area contributed by atoms with Crippen LogP contribution >= 0.6 is 0 Å². The molecule has 1 atom stereocenters. The van der Waals surface area contributed by atoms with Crippen LogP contribution < -0.4 is 5.32 Å². The van der Waals surface area contributed by atoms with Crippen LogP contribution in [0, 0.1) is 0 Å². The third kappa shape index (κ3) is 5.13. The number of nitrogens with zero attached hydrogens (tertiary/aromatic N) is 1. The molecule has 1 saturated heterocycles. The van der Waals surface area contributed by atoms with Crippen LogP contribution in [0.1, 0.15) is 27.0 Å². The normalized spacial score (nSPS) is 17.4. The summed E-state index contributed by atoms with van der Waals surface area (Å²) in [6.07, 6.45) is -9.61. The summed E-state index contributed by atoms with van der Waals surface area (Å²) in [7, 11) is 0. The molecule has 1 aliphatic heterocycles. The van der Waals surface area contributed by atoms with E-state index in [1.807, 2.05) is 42.5 Å². The minimum absolute atomic E-state index is 0.0289. The second kappa shape index (κ2) is 8.70. The van der Waals surface area contributed by atoms with E-state index in [-0.39, 0.29) is 12.6 Å². The van der Waals surface area contributed by atoms with Gasteiger partial charge in [-0.25, -0.2) is 0 Å². The summed E-state index contributed by atoms with van der Waals surface area (Å²) in [5.41, 5.74) is -2.70. The molecule has 3 nitrogen and oxygen atoms in total. The molecule has 4 rings (SSSR count). The number of hydrogen-bond donors (Lipinski definition) is 1.